The number of rotatable bonds is 5. The number of nitrogens with zero attached hydrogens (tertiary/aromatic N) is 3. The van der Waals surface area contributed by atoms with Gasteiger partial charge in [0.15, 0.2) is 29.8 Å². The van der Waals surface area contributed by atoms with Crippen molar-refractivity contribution in [2.75, 3.05) is 35.8 Å². The monoisotopic (exact) mass is 436 g/mol. The molecule has 1 saturated heterocycles. The first-order valence-electron chi connectivity index (χ1n) is 10.3. The highest BCUT2D eigenvalue weighted by molar-refractivity contribution is 5.94. The molecule has 2 aliphatic heterocycles. The SMILES string of the molecule is O=C1COc2ccc(Nc3nc(Nc4ccc(C5CCOCC5)cc4)ncc3F)nc2N1. The molecule has 0 spiro atoms. The number of anilines is 5. The summed E-state index contributed by atoms with van der Waals surface area (Å²) >= 11 is 0. The summed E-state index contributed by atoms with van der Waals surface area (Å²) in [5.41, 5.74) is 2.07. The van der Waals surface area contributed by atoms with Crippen LogP contribution in [0.2, 0.25) is 0 Å². The van der Waals surface area contributed by atoms with Gasteiger partial charge in [-0.3, -0.25) is 4.79 Å². The lowest BCUT2D eigenvalue weighted by molar-refractivity contribution is -0.118. The molecule has 1 fully saturated rings. The lowest BCUT2D eigenvalue weighted by Gasteiger charge is -2.22. The summed E-state index contributed by atoms with van der Waals surface area (Å²) in [5.74, 6) is 0.788. The van der Waals surface area contributed by atoms with E-state index in [0.29, 0.717) is 17.5 Å². The Hall–Kier alpha value is -3.79. The average Bonchev–Trinajstić information content (AvgIpc) is 2.82. The van der Waals surface area contributed by atoms with E-state index in [4.69, 9.17) is 9.47 Å². The number of carbonyl (C=O) groups excluding carboxylic acids is 1. The van der Waals surface area contributed by atoms with Gasteiger partial charge >= 0.3 is 0 Å². The number of hydrogen-bond acceptors (Lipinski definition) is 8. The van der Waals surface area contributed by atoms with E-state index >= 15 is 0 Å². The van der Waals surface area contributed by atoms with Gasteiger partial charge in [-0.1, -0.05) is 12.1 Å². The zero-order valence-corrected chi connectivity index (χ0v) is 17.1. The van der Waals surface area contributed by atoms with Crippen molar-refractivity contribution in [1.29, 1.82) is 0 Å². The van der Waals surface area contributed by atoms with Crippen LogP contribution in [-0.4, -0.2) is 40.7 Å². The predicted octanol–water partition coefficient (Wildman–Crippen LogP) is 3.72. The van der Waals surface area contributed by atoms with Gasteiger partial charge in [-0.2, -0.15) is 4.98 Å². The summed E-state index contributed by atoms with van der Waals surface area (Å²) in [6, 6.07) is 11.3. The molecular weight excluding hydrogens is 415 g/mol. The lowest BCUT2D eigenvalue weighted by atomic mass is 9.92. The third-order valence-corrected chi connectivity index (χ3v) is 5.32. The van der Waals surface area contributed by atoms with Crippen LogP contribution >= 0.6 is 0 Å². The van der Waals surface area contributed by atoms with Crippen LogP contribution in [0, 0.1) is 5.82 Å². The van der Waals surface area contributed by atoms with Gasteiger partial charge in [-0.15, -0.1) is 0 Å². The number of benzene rings is 1. The van der Waals surface area contributed by atoms with Gasteiger partial charge in [0.2, 0.25) is 5.95 Å². The molecule has 1 amide bonds. The van der Waals surface area contributed by atoms with Crippen molar-refractivity contribution in [2.24, 2.45) is 0 Å². The standard InChI is InChI=1S/C22H21FN6O3/c23-16-11-24-22(25-15-3-1-13(2-4-15)14-7-9-31-10-8-14)29-20(16)26-18-6-5-17-21(27-18)28-19(30)12-32-17/h1-6,11,14H,7-10,12H2,(H3,24,25,26,27,28,29,30). The summed E-state index contributed by atoms with van der Waals surface area (Å²) in [6.07, 6.45) is 3.13. The van der Waals surface area contributed by atoms with E-state index in [9.17, 15) is 9.18 Å². The van der Waals surface area contributed by atoms with Gasteiger partial charge in [-0.25, -0.2) is 14.4 Å². The maximum absolute atomic E-state index is 14.3. The number of amides is 1. The van der Waals surface area contributed by atoms with Crippen LogP contribution in [0.15, 0.2) is 42.6 Å². The van der Waals surface area contributed by atoms with Crippen LogP contribution in [0.5, 0.6) is 5.75 Å². The fourth-order valence-corrected chi connectivity index (χ4v) is 3.67. The summed E-state index contributed by atoms with van der Waals surface area (Å²) in [7, 11) is 0. The van der Waals surface area contributed by atoms with Crippen LogP contribution in [0.1, 0.15) is 24.3 Å². The van der Waals surface area contributed by atoms with Gasteiger partial charge in [0, 0.05) is 18.9 Å². The molecule has 9 nitrogen and oxygen atoms in total. The van der Waals surface area contributed by atoms with Crippen molar-refractivity contribution in [1.82, 2.24) is 15.0 Å². The Labute approximate surface area is 183 Å². The maximum atomic E-state index is 14.3. The van der Waals surface area contributed by atoms with E-state index in [1.165, 1.54) is 5.56 Å². The quantitative estimate of drug-likeness (QED) is 0.555. The summed E-state index contributed by atoms with van der Waals surface area (Å²) in [6.45, 7) is 1.53. The molecule has 4 heterocycles. The first kappa shape index (κ1) is 20.1. The normalized spacial score (nSPS) is 16.0. The molecule has 2 aliphatic rings. The van der Waals surface area contributed by atoms with Crippen LogP contribution in [0.4, 0.5) is 33.5 Å². The highest BCUT2D eigenvalue weighted by Crippen LogP contribution is 2.30. The molecule has 1 aromatic carbocycles. The summed E-state index contributed by atoms with van der Waals surface area (Å²) in [4.78, 5) is 24.0. The molecule has 0 aliphatic carbocycles. The van der Waals surface area contributed by atoms with E-state index < -0.39 is 5.82 Å². The molecule has 5 rings (SSSR count). The summed E-state index contributed by atoms with van der Waals surface area (Å²) in [5, 5.41) is 8.52. The summed E-state index contributed by atoms with van der Waals surface area (Å²) < 4.78 is 25.0. The molecule has 0 atom stereocenters. The zero-order valence-electron chi connectivity index (χ0n) is 17.1. The van der Waals surface area contributed by atoms with Crippen LogP contribution < -0.4 is 20.7 Å². The average molecular weight is 436 g/mol. The minimum atomic E-state index is -0.634. The molecule has 0 radical (unpaired) electrons. The number of halogens is 1. The number of ether oxygens (including phenoxy) is 2. The highest BCUT2D eigenvalue weighted by Gasteiger charge is 2.18. The second kappa shape index (κ2) is 8.75. The van der Waals surface area contributed by atoms with E-state index in [0.717, 1.165) is 37.9 Å². The second-order valence-corrected chi connectivity index (χ2v) is 7.53. The van der Waals surface area contributed by atoms with Crippen molar-refractivity contribution in [3.8, 4) is 5.75 Å². The zero-order chi connectivity index (χ0) is 21.9. The van der Waals surface area contributed by atoms with Gasteiger partial charge in [0.05, 0.1) is 6.20 Å². The molecule has 32 heavy (non-hydrogen) atoms. The first-order valence-corrected chi connectivity index (χ1v) is 10.3. The van der Waals surface area contributed by atoms with E-state index in [1.54, 1.807) is 12.1 Å². The van der Waals surface area contributed by atoms with Crippen LogP contribution in [0.3, 0.4) is 0 Å². The van der Waals surface area contributed by atoms with E-state index in [-0.39, 0.29) is 30.1 Å². The molecule has 0 bridgehead atoms. The Morgan fingerprint density at radius 2 is 1.84 bits per heavy atom. The van der Waals surface area contributed by atoms with Crippen molar-refractivity contribution in [3.05, 3.63) is 54.0 Å². The third-order valence-electron chi connectivity index (χ3n) is 5.32. The number of nitrogens with one attached hydrogen (secondary N) is 3. The number of pyridine rings is 1. The number of hydrogen-bond donors (Lipinski definition) is 3. The van der Waals surface area contributed by atoms with Crippen molar-refractivity contribution in [3.63, 3.8) is 0 Å². The van der Waals surface area contributed by atoms with Crippen molar-refractivity contribution >= 4 is 35.0 Å². The fraction of sp³-hybridized carbons (Fsp3) is 0.273. The topological polar surface area (TPSA) is 110 Å². The Kier molecular flexibility index (Phi) is 5.51. The minimum absolute atomic E-state index is 0.0446. The van der Waals surface area contributed by atoms with Gasteiger partial charge in [-0.05, 0) is 48.6 Å². The fourth-order valence-electron chi connectivity index (χ4n) is 3.67. The van der Waals surface area contributed by atoms with Crippen molar-refractivity contribution in [2.45, 2.75) is 18.8 Å². The van der Waals surface area contributed by atoms with E-state index in [1.807, 2.05) is 12.1 Å². The van der Waals surface area contributed by atoms with Gasteiger partial charge in [0.25, 0.3) is 5.91 Å². The highest BCUT2D eigenvalue weighted by atomic mass is 19.1. The third kappa shape index (κ3) is 4.45. The Balaban J connectivity index is 1.30. The van der Waals surface area contributed by atoms with Crippen LogP contribution in [0.25, 0.3) is 0 Å². The Bertz CT molecular complexity index is 1140. The second-order valence-electron chi connectivity index (χ2n) is 7.53. The molecule has 2 aromatic heterocycles. The molecule has 0 saturated carbocycles. The number of fused-ring (bicyclic) bond motifs is 1. The lowest BCUT2D eigenvalue weighted by Crippen LogP contribution is -2.26. The minimum Gasteiger partial charge on any atom is -0.480 e. The smallest absolute Gasteiger partial charge is 0.263 e. The number of carbonyl (C=O) groups is 1. The first-order chi connectivity index (χ1) is 15.6. The van der Waals surface area contributed by atoms with Crippen LogP contribution in [-0.2, 0) is 9.53 Å². The largest absolute Gasteiger partial charge is 0.480 e. The van der Waals surface area contributed by atoms with Gasteiger partial charge in [0.1, 0.15) is 5.82 Å². The molecule has 3 N–H and O–H groups in total. The molecule has 164 valence electrons. The Morgan fingerprint density at radius 3 is 2.66 bits per heavy atom. The van der Waals surface area contributed by atoms with E-state index in [2.05, 4.69) is 43.0 Å². The van der Waals surface area contributed by atoms with Gasteiger partial charge < -0.3 is 25.4 Å². The molecule has 10 heteroatoms. The molecule has 0 unspecified atom stereocenters. The number of aromatic nitrogens is 3. The maximum Gasteiger partial charge on any atom is 0.263 e. The molecule has 3 aromatic rings. The predicted molar refractivity (Wildman–Crippen MR) is 116 cm³/mol. The van der Waals surface area contributed by atoms with Crippen molar-refractivity contribution < 1.29 is 18.7 Å². The Morgan fingerprint density at radius 1 is 1.03 bits per heavy atom. The molecular formula is C22H21FN6O3.